The Hall–Kier alpha value is -0.740. The van der Waals surface area contributed by atoms with Gasteiger partial charge in [-0.3, -0.25) is 13.7 Å². The van der Waals surface area contributed by atoms with Crippen molar-refractivity contribution in [1.29, 1.82) is 0 Å². The molecule has 0 saturated heterocycles. The first-order valence-corrected chi connectivity index (χ1v) is 7.72. The molecule has 98 valence electrons. The van der Waals surface area contributed by atoms with Crippen LogP contribution in [0, 0.1) is 0 Å². The van der Waals surface area contributed by atoms with E-state index in [0.29, 0.717) is 0 Å². The maximum absolute atomic E-state index is 11.2. The molecule has 0 aliphatic heterocycles. The van der Waals surface area contributed by atoms with Gasteiger partial charge in [0, 0.05) is 12.0 Å². The van der Waals surface area contributed by atoms with Gasteiger partial charge >= 0.3 is 8.25 Å². The molecule has 18 heavy (non-hydrogen) atoms. The highest BCUT2D eigenvalue weighted by Crippen LogP contribution is 2.48. The van der Waals surface area contributed by atoms with Gasteiger partial charge in [0.05, 0.1) is 0 Å². The first-order valence-electron chi connectivity index (χ1n) is 5.10. The van der Waals surface area contributed by atoms with Crippen molar-refractivity contribution in [2.24, 2.45) is 0 Å². The molecule has 3 unspecified atom stereocenters. The summed E-state index contributed by atoms with van der Waals surface area (Å²) in [6.45, 7) is 0. The number of fused-ring (bicyclic) bond motifs is 1. The molecular formula is C10H12O6P2. The van der Waals surface area contributed by atoms with Crippen molar-refractivity contribution in [3.8, 4) is 0 Å². The maximum atomic E-state index is 11.2. The average Bonchev–Trinajstić information content (AvgIpc) is 2.71. The Bertz CT molecular complexity index is 555. The largest absolute Gasteiger partial charge is 0.354 e. The van der Waals surface area contributed by atoms with E-state index in [0.717, 1.165) is 11.1 Å². The summed E-state index contributed by atoms with van der Waals surface area (Å²) < 4.78 is 26.3. The van der Waals surface area contributed by atoms with Crippen molar-refractivity contribution in [3.63, 3.8) is 0 Å². The minimum absolute atomic E-state index is 0.113. The second kappa shape index (κ2) is 5.10. The van der Waals surface area contributed by atoms with Crippen LogP contribution in [0.2, 0.25) is 0 Å². The molecule has 0 bridgehead atoms. The highest BCUT2D eigenvalue weighted by Gasteiger charge is 2.42. The summed E-state index contributed by atoms with van der Waals surface area (Å²) in [7, 11) is -7.12. The standard InChI is InChI=1S/C10H12O6P2/c11-10(17(12)13,16-18(14)15)9-5-7-3-1-2-4-8(7)6-9/h1-5,11,17-18H,6H2,(H,12,13)(H,14,15). The lowest BCUT2D eigenvalue weighted by molar-refractivity contribution is -0.0370. The summed E-state index contributed by atoms with van der Waals surface area (Å²) in [5.74, 6) is 0. The van der Waals surface area contributed by atoms with Crippen LogP contribution in [0.3, 0.4) is 0 Å². The summed E-state index contributed by atoms with van der Waals surface area (Å²) in [5, 5.41) is 9.99. The van der Waals surface area contributed by atoms with E-state index < -0.39 is 21.8 Å². The van der Waals surface area contributed by atoms with E-state index in [9.17, 15) is 14.2 Å². The Labute approximate surface area is 104 Å². The summed E-state index contributed by atoms with van der Waals surface area (Å²) in [4.78, 5) is 17.9. The first-order chi connectivity index (χ1) is 8.43. The van der Waals surface area contributed by atoms with Gasteiger partial charge in [0.2, 0.25) is 0 Å². The van der Waals surface area contributed by atoms with Crippen molar-refractivity contribution < 1.29 is 28.5 Å². The van der Waals surface area contributed by atoms with Crippen LogP contribution in [0.5, 0.6) is 0 Å². The first kappa shape index (κ1) is 13.7. The van der Waals surface area contributed by atoms with E-state index >= 15 is 0 Å². The Morgan fingerprint density at radius 2 is 1.89 bits per heavy atom. The van der Waals surface area contributed by atoms with Gasteiger partial charge in [-0.15, -0.1) is 0 Å². The molecule has 3 atom stereocenters. The van der Waals surface area contributed by atoms with E-state index in [1.54, 1.807) is 24.3 Å². The molecule has 1 aromatic carbocycles. The van der Waals surface area contributed by atoms with Crippen LogP contribution in [0.15, 0.2) is 29.8 Å². The third-order valence-corrected chi connectivity index (χ3v) is 4.40. The van der Waals surface area contributed by atoms with E-state index in [2.05, 4.69) is 4.52 Å². The van der Waals surface area contributed by atoms with Gasteiger partial charge < -0.3 is 14.9 Å². The second-order valence-electron chi connectivity index (χ2n) is 3.86. The third kappa shape index (κ3) is 2.50. The molecule has 1 aliphatic carbocycles. The van der Waals surface area contributed by atoms with Crippen LogP contribution in [-0.4, -0.2) is 20.4 Å². The number of benzene rings is 1. The van der Waals surface area contributed by atoms with Gasteiger partial charge in [0.1, 0.15) is 0 Å². The van der Waals surface area contributed by atoms with Crippen LogP contribution in [0.25, 0.3) is 6.08 Å². The number of hydrogen-bond donors (Lipinski definition) is 3. The molecule has 1 aromatic rings. The second-order valence-corrected chi connectivity index (χ2v) is 5.89. The Morgan fingerprint density at radius 1 is 1.22 bits per heavy atom. The zero-order chi connectivity index (χ0) is 13.3. The van der Waals surface area contributed by atoms with Gasteiger partial charge in [-0.25, -0.2) is 0 Å². The van der Waals surface area contributed by atoms with Crippen molar-refractivity contribution in [3.05, 3.63) is 41.0 Å². The van der Waals surface area contributed by atoms with Gasteiger partial charge in [0.15, 0.2) is 0 Å². The number of hydrogen-bond acceptors (Lipinski definition) is 4. The van der Waals surface area contributed by atoms with Crippen molar-refractivity contribution >= 4 is 22.4 Å². The predicted molar refractivity (Wildman–Crippen MR) is 66.6 cm³/mol. The van der Waals surface area contributed by atoms with Gasteiger partial charge in [-0.2, -0.15) is 0 Å². The lowest BCUT2D eigenvalue weighted by Gasteiger charge is -2.24. The molecule has 3 N–H and O–H groups in total. The third-order valence-electron chi connectivity index (χ3n) is 2.73. The molecule has 0 aromatic heterocycles. The molecule has 0 amide bonds. The molecule has 0 radical (unpaired) electrons. The fraction of sp³-hybridized carbons (Fsp3) is 0.200. The summed E-state index contributed by atoms with van der Waals surface area (Å²) in [6, 6.07) is 7.16. The molecule has 0 spiro atoms. The molecule has 8 heteroatoms. The van der Waals surface area contributed by atoms with Gasteiger partial charge in [-0.1, -0.05) is 24.3 Å². The molecule has 0 heterocycles. The van der Waals surface area contributed by atoms with Gasteiger partial charge in [-0.05, 0) is 17.2 Å². The Balaban J connectivity index is 2.37. The minimum Gasteiger partial charge on any atom is -0.354 e. The van der Waals surface area contributed by atoms with Crippen LogP contribution < -0.4 is 0 Å². The molecule has 2 rings (SSSR count). The molecule has 0 saturated carbocycles. The quantitative estimate of drug-likeness (QED) is 0.567. The van der Waals surface area contributed by atoms with Crippen molar-refractivity contribution in [2.75, 3.05) is 0 Å². The normalized spacial score (nSPS) is 20.7. The van der Waals surface area contributed by atoms with E-state index in [-0.39, 0.29) is 12.0 Å². The molecular weight excluding hydrogens is 278 g/mol. The number of aliphatic hydroxyl groups is 1. The molecule has 6 nitrogen and oxygen atoms in total. The van der Waals surface area contributed by atoms with Crippen LogP contribution in [0.1, 0.15) is 11.1 Å². The number of rotatable bonds is 4. The monoisotopic (exact) mass is 290 g/mol. The van der Waals surface area contributed by atoms with E-state index in [4.69, 9.17) is 9.79 Å². The highest BCUT2D eigenvalue weighted by atomic mass is 31.1. The SMILES string of the molecule is O=[PH](O)OC(O)(C1=Cc2ccccc2C1)[PH](=O)O. The Kier molecular flexibility index (Phi) is 3.87. The predicted octanol–water partition coefficient (Wildman–Crippen LogP) is 1.14. The smallest absolute Gasteiger partial charge is 0.319 e. The van der Waals surface area contributed by atoms with Crippen molar-refractivity contribution in [1.82, 2.24) is 0 Å². The lowest BCUT2D eigenvalue weighted by Crippen LogP contribution is -2.28. The highest BCUT2D eigenvalue weighted by molar-refractivity contribution is 7.41. The van der Waals surface area contributed by atoms with Crippen LogP contribution >= 0.6 is 16.3 Å². The van der Waals surface area contributed by atoms with E-state index in [1.807, 2.05) is 0 Å². The summed E-state index contributed by atoms with van der Waals surface area (Å²) in [6.07, 6.45) is 1.71. The summed E-state index contributed by atoms with van der Waals surface area (Å²) in [5.41, 5.74) is -0.817. The fourth-order valence-electron chi connectivity index (χ4n) is 1.87. The average molecular weight is 290 g/mol. The van der Waals surface area contributed by atoms with Crippen LogP contribution in [-0.2, 0) is 20.1 Å². The minimum atomic E-state index is -3.59. The zero-order valence-electron chi connectivity index (χ0n) is 9.16. The zero-order valence-corrected chi connectivity index (χ0v) is 11.2. The maximum Gasteiger partial charge on any atom is 0.319 e. The molecule has 1 aliphatic rings. The fourth-order valence-corrected chi connectivity index (χ4v) is 3.30. The molecule has 0 fully saturated rings. The van der Waals surface area contributed by atoms with Crippen LogP contribution in [0.4, 0.5) is 0 Å². The van der Waals surface area contributed by atoms with Crippen molar-refractivity contribution in [2.45, 2.75) is 11.9 Å². The topological polar surface area (TPSA) is 104 Å². The van der Waals surface area contributed by atoms with Gasteiger partial charge in [0.25, 0.3) is 13.6 Å². The Morgan fingerprint density at radius 3 is 2.44 bits per heavy atom. The lowest BCUT2D eigenvalue weighted by atomic mass is 10.1. The van der Waals surface area contributed by atoms with E-state index in [1.165, 1.54) is 6.08 Å². The summed E-state index contributed by atoms with van der Waals surface area (Å²) >= 11 is 0.